The number of amides is 1. The van der Waals surface area contributed by atoms with Gasteiger partial charge in [-0.2, -0.15) is 0 Å². The number of ether oxygens (including phenoxy) is 2. The van der Waals surface area contributed by atoms with Crippen LogP contribution in [0.2, 0.25) is 0 Å². The number of fused-ring (bicyclic) bond motifs is 1. The van der Waals surface area contributed by atoms with Gasteiger partial charge in [0.15, 0.2) is 16.4 Å². The van der Waals surface area contributed by atoms with Gasteiger partial charge in [0.25, 0.3) is 15.9 Å². The average molecular weight is 445 g/mol. The number of aryl methyl sites for hydroxylation is 3. The summed E-state index contributed by atoms with van der Waals surface area (Å²) >= 11 is 0. The molecule has 31 heavy (non-hydrogen) atoms. The normalized spacial score (nSPS) is 14.9. The molecule has 0 spiro atoms. The molecular formula is C23H28N2O5S. The van der Waals surface area contributed by atoms with Gasteiger partial charge in [0, 0.05) is 23.9 Å². The van der Waals surface area contributed by atoms with Gasteiger partial charge in [-0.3, -0.25) is 9.10 Å². The topological polar surface area (TPSA) is 84.9 Å². The van der Waals surface area contributed by atoms with Gasteiger partial charge in [0.1, 0.15) is 0 Å². The summed E-state index contributed by atoms with van der Waals surface area (Å²) in [5, 5.41) is 2.83. The molecule has 0 atom stereocenters. The minimum Gasteiger partial charge on any atom is -0.493 e. The average Bonchev–Trinajstić information content (AvgIpc) is 2.69. The molecule has 7 nitrogen and oxygen atoms in total. The van der Waals surface area contributed by atoms with Crippen LogP contribution in [0.25, 0.3) is 5.57 Å². The molecule has 0 saturated heterocycles. The molecule has 1 aliphatic rings. The number of sulfonamides is 1. The van der Waals surface area contributed by atoms with Crippen LogP contribution in [0, 0.1) is 20.8 Å². The summed E-state index contributed by atoms with van der Waals surface area (Å²) in [4.78, 5) is 13.0. The number of hydrogen-bond acceptors (Lipinski definition) is 5. The highest BCUT2D eigenvalue weighted by atomic mass is 32.2. The quantitative estimate of drug-likeness (QED) is 0.748. The van der Waals surface area contributed by atoms with E-state index in [1.165, 1.54) is 18.5 Å². The van der Waals surface area contributed by atoms with Gasteiger partial charge >= 0.3 is 0 Å². The number of nitrogens with zero attached hydrogens (tertiary/aromatic N) is 1. The van der Waals surface area contributed by atoms with E-state index in [2.05, 4.69) is 5.32 Å². The van der Waals surface area contributed by atoms with Crippen molar-refractivity contribution in [3.63, 3.8) is 0 Å². The molecule has 0 radical (unpaired) electrons. The Morgan fingerprint density at radius 3 is 2.03 bits per heavy atom. The fourth-order valence-corrected chi connectivity index (χ4v) is 5.86. The van der Waals surface area contributed by atoms with E-state index in [4.69, 9.17) is 9.47 Å². The van der Waals surface area contributed by atoms with Gasteiger partial charge in [-0.1, -0.05) is 17.7 Å². The Labute approximate surface area is 183 Å². The third-order valence-electron chi connectivity index (χ3n) is 5.47. The van der Waals surface area contributed by atoms with Crippen molar-refractivity contribution in [1.82, 2.24) is 0 Å². The van der Waals surface area contributed by atoms with Crippen LogP contribution in [0.3, 0.4) is 0 Å². The lowest BCUT2D eigenvalue weighted by Gasteiger charge is -2.32. The monoisotopic (exact) mass is 444 g/mol. The molecule has 166 valence electrons. The molecule has 0 saturated carbocycles. The van der Waals surface area contributed by atoms with E-state index in [0.29, 0.717) is 34.0 Å². The zero-order valence-corrected chi connectivity index (χ0v) is 19.7. The first-order chi connectivity index (χ1) is 14.6. The van der Waals surface area contributed by atoms with Crippen LogP contribution in [-0.2, 0) is 14.8 Å². The van der Waals surface area contributed by atoms with Crippen LogP contribution in [-0.4, -0.2) is 35.1 Å². The summed E-state index contributed by atoms with van der Waals surface area (Å²) in [5.74, 6) is 0.217. The second-order valence-corrected chi connectivity index (χ2v) is 9.38. The molecule has 2 aromatic carbocycles. The second-order valence-electron chi connectivity index (χ2n) is 7.58. The second kappa shape index (κ2) is 8.26. The lowest BCUT2D eigenvalue weighted by atomic mass is 10.0. The number of methoxy groups -OCH3 is 2. The van der Waals surface area contributed by atoms with Crippen molar-refractivity contribution in [2.75, 3.05) is 30.4 Å². The third kappa shape index (κ3) is 3.76. The Kier molecular flexibility index (Phi) is 6.04. The summed E-state index contributed by atoms with van der Waals surface area (Å²) < 4.78 is 38.9. The predicted octanol–water partition coefficient (Wildman–Crippen LogP) is 4.17. The number of anilines is 2. The molecule has 0 unspecified atom stereocenters. The number of benzene rings is 2. The van der Waals surface area contributed by atoms with Crippen molar-refractivity contribution in [3.05, 3.63) is 51.4 Å². The Balaban J connectivity index is 2.20. The molecule has 1 heterocycles. The number of carbonyl (C=O) groups is 1. The molecule has 2 aromatic rings. The van der Waals surface area contributed by atoms with Gasteiger partial charge in [-0.25, -0.2) is 8.42 Å². The van der Waals surface area contributed by atoms with Crippen LogP contribution < -0.4 is 19.1 Å². The maximum absolute atomic E-state index is 13.5. The van der Waals surface area contributed by atoms with Crippen molar-refractivity contribution in [2.24, 2.45) is 0 Å². The van der Waals surface area contributed by atoms with Crippen LogP contribution in [0.4, 0.5) is 11.4 Å². The van der Waals surface area contributed by atoms with Crippen molar-refractivity contribution in [1.29, 1.82) is 0 Å². The summed E-state index contributed by atoms with van der Waals surface area (Å²) in [5.41, 5.74) is 4.86. The summed E-state index contributed by atoms with van der Waals surface area (Å²) in [6.45, 7) is 9.27. The number of allylic oxidation sites excluding steroid dienone is 1. The first-order valence-corrected chi connectivity index (χ1v) is 11.4. The molecule has 0 bridgehead atoms. The van der Waals surface area contributed by atoms with Gasteiger partial charge < -0.3 is 14.8 Å². The van der Waals surface area contributed by atoms with Crippen molar-refractivity contribution in [2.45, 2.75) is 34.6 Å². The van der Waals surface area contributed by atoms with E-state index in [9.17, 15) is 13.2 Å². The molecule has 1 amide bonds. The minimum absolute atomic E-state index is 0.164. The zero-order valence-electron chi connectivity index (χ0n) is 18.9. The molecule has 1 N–H and O–H groups in total. The van der Waals surface area contributed by atoms with E-state index in [0.717, 1.165) is 16.7 Å². The SMILES string of the molecule is CCN1c2cc(OC)c(OC)cc2C(C)=C(C(=O)Nc2c(C)cc(C)cc2C)S1(=O)=O. The fraction of sp³-hybridized carbons (Fsp3) is 0.348. The van der Waals surface area contributed by atoms with Crippen LogP contribution in [0.1, 0.15) is 36.1 Å². The third-order valence-corrected chi connectivity index (χ3v) is 7.51. The highest BCUT2D eigenvalue weighted by Crippen LogP contribution is 2.45. The maximum atomic E-state index is 13.5. The Bertz CT molecular complexity index is 1180. The zero-order chi connectivity index (χ0) is 23.1. The molecule has 0 fully saturated rings. The largest absolute Gasteiger partial charge is 0.493 e. The molecule has 3 rings (SSSR count). The summed E-state index contributed by atoms with van der Waals surface area (Å²) in [6, 6.07) is 7.23. The highest BCUT2D eigenvalue weighted by molar-refractivity contribution is 7.97. The summed E-state index contributed by atoms with van der Waals surface area (Å²) in [7, 11) is -1.07. The standard InChI is InChI=1S/C23H28N2O5S/c1-8-25-18-12-20(30-7)19(29-6)11-17(18)16(5)22(31(25,27)28)23(26)24-21-14(3)9-13(2)10-15(21)4/h9-12H,8H2,1-7H3,(H,24,26). The molecular weight excluding hydrogens is 416 g/mol. The van der Waals surface area contributed by atoms with Crippen molar-refractivity contribution < 1.29 is 22.7 Å². The lowest BCUT2D eigenvalue weighted by Crippen LogP contribution is -2.39. The minimum atomic E-state index is -4.07. The smallest absolute Gasteiger partial charge is 0.270 e. The maximum Gasteiger partial charge on any atom is 0.270 e. The van der Waals surface area contributed by atoms with E-state index < -0.39 is 15.9 Å². The van der Waals surface area contributed by atoms with E-state index >= 15 is 0 Å². The first kappa shape index (κ1) is 22.7. The predicted molar refractivity (Wildman–Crippen MR) is 123 cm³/mol. The highest BCUT2D eigenvalue weighted by Gasteiger charge is 2.39. The Morgan fingerprint density at radius 1 is 0.968 bits per heavy atom. The van der Waals surface area contributed by atoms with E-state index in [1.807, 2.05) is 32.9 Å². The number of rotatable bonds is 5. The van der Waals surface area contributed by atoms with Crippen molar-refractivity contribution >= 4 is 32.9 Å². The molecule has 8 heteroatoms. The lowest BCUT2D eigenvalue weighted by molar-refractivity contribution is -0.112. The van der Waals surface area contributed by atoms with E-state index in [-0.39, 0.29) is 11.4 Å². The summed E-state index contributed by atoms with van der Waals surface area (Å²) in [6.07, 6.45) is 0. The Morgan fingerprint density at radius 2 is 1.52 bits per heavy atom. The fourth-order valence-electron chi connectivity index (χ4n) is 4.11. The number of nitrogens with one attached hydrogen (secondary N) is 1. The van der Waals surface area contributed by atoms with Crippen LogP contribution in [0.15, 0.2) is 29.2 Å². The number of carbonyl (C=O) groups excluding carboxylic acids is 1. The molecule has 1 aliphatic heterocycles. The van der Waals surface area contributed by atoms with Gasteiger partial charge in [-0.15, -0.1) is 0 Å². The molecule has 0 aromatic heterocycles. The van der Waals surface area contributed by atoms with Gasteiger partial charge in [0.2, 0.25) is 0 Å². The first-order valence-electron chi connectivity index (χ1n) is 9.96. The van der Waals surface area contributed by atoms with Crippen LogP contribution in [0.5, 0.6) is 11.5 Å². The van der Waals surface area contributed by atoms with Crippen molar-refractivity contribution in [3.8, 4) is 11.5 Å². The van der Waals surface area contributed by atoms with Crippen LogP contribution >= 0.6 is 0 Å². The number of hydrogen-bond donors (Lipinski definition) is 1. The van der Waals surface area contributed by atoms with Gasteiger partial charge in [-0.05, 0) is 57.4 Å². The van der Waals surface area contributed by atoms with E-state index in [1.54, 1.807) is 26.0 Å². The molecule has 0 aliphatic carbocycles. The van der Waals surface area contributed by atoms with Gasteiger partial charge in [0.05, 0.1) is 19.9 Å². The Hall–Kier alpha value is -3.00.